The van der Waals surface area contributed by atoms with E-state index >= 15 is 0 Å². The number of aliphatic hydroxyl groups excluding tert-OH is 1. The van der Waals surface area contributed by atoms with E-state index in [1.54, 1.807) is 46.3 Å². The third kappa shape index (κ3) is 9.57. The number of nitrogens with zero attached hydrogens (tertiary/aromatic N) is 1. The molecule has 218 valence electrons. The Hall–Kier alpha value is -2.52. The molecule has 0 unspecified atom stereocenters. The predicted molar refractivity (Wildman–Crippen MR) is 154 cm³/mol. The summed E-state index contributed by atoms with van der Waals surface area (Å²) in [5.41, 5.74) is 7.14. The van der Waals surface area contributed by atoms with Crippen molar-refractivity contribution in [2.75, 3.05) is 34.0 Å². The van der Waals surface area contributed by atoms with Gasteiger partial charge in [0, 0.05) is 38.0 Å². The number of nitrogens with two attached hydrogens (primary N) is 1. The highest BCUT2D eigenvalue weighted by Crippen LogP contribution is 2.32. The number of rotatable bonds is 16. The second kappa shape index (κ2) is 15.3. The van der Waals surface area contributed by atoms with Gasteiger partial charge in [0.2, 0.25) is 5.91 Å². The molecular formula is C30H45ClN2O6. The fourth-order valence-corrected chi connectivity index (χ4v) is 4.80. The molecule has 0 saturated carbocycles. The van der Waals surface area contributed by atoms with Gasteiger partial charge in [-0.05, 0) is 73.9 Å². The highest BCUT2D eigenvalue weighted by molar-refractivity contribution is 6.22. The number of phenols is 1. The molecule has 0 aliphatic heterocycles. The Bertz CT molecular complexity index is 1050. The van der Waals surface area contributed by atoms with Crippen molar-refractivity contribution < 1.29 is 29.2 Å². The third-order valence-corrected chi connectivity index (χ3v) is 7.45. The SMILES string of the molecule is COCCCOc1cc(C[C@@H](C[C@H](N)[C@@H](O)CN(Cl)C(=O)C(C)(C)c2cccc(O)c2)C(C)C)ccc1OC. The predicted octanol–water partition coefficient (Wildman–Crippen LogP) is 4.67. The maximum Gasteiger partial charge on any atom is 0.247 e. The van der Waals surface area contributed by atoms with E-state index in [9.17, 15) is 15.0 Å². The van der Waals surface area contributed by atoms with E-state index in [1.807, 2.05) is 18.2 Å². The number of carbonyl (C=O) groups is 1. The number of methoxy groups -OCH3 is 2. The molecule has 39 heavy (non-hydrogen) atoms. The van der Waals surface area contributed by atoms with Gasteiger partial charge in [-0.3, -0.25) is 9.21 Å². The van der Waals surface area contributed by atoms with E-state index < -0.39 is 23.5 Å². The van der Waals surface area contributed by atoms with Gasteiger partial charge in [0.1, 0.15) is 5.75 Å². The summed E-state index contributed by atoms with van der Waals surface area (Å²) in [5.74, 6) is 1.51. The number of carbonyl (C=O) groups excluding carboxylic acids is 1. The third-order valence-electron chi connectivity index (χ3n) is 7.16. The molecule has 0 radical (unpaired) electrons. The van der Waals surface area contributed by atoms with Gasteiger partial charge in [-0.25, -0.2) is 0 Å². The Morgan fingerprint density at radius 2 is 1.82 bits per heavy atom. The van der Waals surface area contributed by atoms with Crippen molar-refractivity contribution in [3.63, 3.8) is 0 Å². The van der Waals surface area contributed by atoms with E-state index in [1.165, 1.54) is 6.07 Å². The Morgan fingerprint density at radius 3 is 2.44 bits per heavy atom. The highest BCUT2D eigenvalue weighted by atomic mass is 35.5. The van der Waals surface area contributed by atoms with Crippen LogP contribution in [-0.4, -0.2) is 66.7 Å². The number of halogens is 1. The quantitative estimate of drug-likeness (QED) is 0.200. The summed E-state index contributed by atoms with van der Waals surface area (Å²) in [7, 11) is 3.28. The normalized spacial score (nSPS) is 14.1. The minimum absolute atomic E-state index is 0.0675. The number of benzene rings is 2. The molecule has 2 aromatic carbocycles. The lowest BCUT2D eigenvalue weighted by Crippen LogP contribution is -2.47. The maximum absolute atomic E-state index is 13.1. The van der Waals surface area contributed by atoms with Crippen molar-refractivity contribution in [3.05, 3.63) is 53.6 Å². The molecule has 2 aromatic rings. The average molecular weight is 565 g/mol. The largest absolute Gasteiger partial charge is 0.508 e. The second-order valence-corrected chi connectivity index (χ2v) is 11.3. The highest BCUT2D eigenvalue weighted by Gasteiger charge is 2.35. The minimum Gasteiger partial charge on any atom is -0.508 e. The van der Waals surface area contributed by atoms with Crippen LogP contribution in [0.3, 0.4) is 0 Å². The van der Waals surface area contributed by atoms with Crippen LogP contribution in [0, 0.1) is 11.8 Å². The van der Waals surface area contributed by atoms with Crippen LogP contribution < -0.4 is 15.2 Å². The maximum atomic E-state index is 13.1. The molecule has 0 aromatic heterocycles. The summed E-state index contributed by atoms with van der Waals surface area (Å²) in [5, 5.41) is 20.7. The van der Waals surface area contributed by atoms with Gasteiger partial charge in [-0.15, -0.1) is 0 Å². The molecule has 8 nitrogen and oxygen atoms in total. The summed E-state index contributed by atoms with van der Waals surface area (Å²) >= 11 is 6.35. The molecule has 0 saturated heterocycles. The number of hydrogen-bond acceptors (Lipinski definition) is 7. The number of ether oxygens (including phenoxy) is 3. The first-order chi connectivity index (χ1) is 18.4. The summed E-state index contributed by atoms with van der Waals surface area (Å²) in [6.07, 6.45) is 1.05. The lowest BCUT2D eigenvalue weighted by Gasteiger charge is -2.32. The first-order valence-corrected chi connectivity index (χ1v) is 13.7. The number of aromatic hydroxyl groups is 1. The van der Waals surface area contributed by atoms with E-state index in [2.05, 4.69) is 13.8 Å². The van der Waals surface area contributed by atoms with E-state index in [4.69, 9.17) is 31.7 Å². The average Bonchev–Trinajstić information content (AvgIpc) is 2.90. The zero-order chi connectivity index (χ0) is 29.2. The van der Waals surface area contributed by atoms with Crippen LogP contribution in [0.1, 0.15) is 51.7 Å². The van der Waals surface area contributed by atoms with E-state index in [0.29, 0.717) is 42.6 Å². The van der Waals surface area contributed by atoms with Gasteiger partial charge in [-0.1, -0.05) is 32.0 Å². The van der Waals surface area contributed by atoms with Crippen molar-refractivity contribution in [1.82, 2.24) is 4.42 Å². The number of aliphatic hydroxyl groups is 1. The molecule has 3 atom stereocenters. The van der Waals surface area contributed by atoms with Crippen molar-refractivity contribution in [1.29, 1.82) is 0 Å². The van der Waals surface area contributed by atoms with Crippen LogP contribution in [-0.2, 0) is 21.4 Å². The molecule has 1 amide bonds. The van der Waals surface area contributed by atoms with E-state index in [0.717, 1.165) is 22.8 Å². The lowest BCUT2D eigenvalue weighted by molar-refractivity contribution is -0.132. The van der Waals surface area contributed by atoms with Gasteiger partial charge in [0.15, 0.2) is 11.5 Å². The molecule has 0 aliphatic carbocycles. The molecule has 0 heterocycles. The second-order valence-electron chi connectivity index (χ2n) is 10.9. The first kappa shape index (κ1) is 32.7. The van der Waals surface area contributed by atoms with Crippen molar-refractivity contribution in [2.45, 2.75) is 64.5 Å². The Balaban J connectivity index is 2.04. The summed E-state index contributed by atoms with van der Waals surface area (Å²) in [4.78, 5) is 13.1. The topological polar surface area (TPSA) is 114 Å². The molecule has 4 N–H and O–H groups in total. The zero-order valence-electron chi connectivity index (χ0n) is 24.0. The van der Waals surface area contributed by atoms with Crippen LogP contribution in [0.2, 0.25) is 0 Å². The van der Waals surface area contributed by atoms with E-state index in [-0.39, 0.29) is 18.2 Å². The molecule has 9 heteroatoms. The summed E-state index contributed by atoms with van der Waals surface area (Å²) in [6.45, 7) is 8.74. The fraction of sp³-hybridized carbons (Fsp3) is 0.567. The van der Waals surface area contributed by atoms with Crippen molar-refractivity contribution in [3.8, 4) is 17.2 Å². The van der Waals surface area contributed by atoms with Gasteiger partial charge >= 0.3 is 0 Å². The first-order valence-electron chi connectivity index (χ1n) is 13.4. The molecular weight excluding hydrogens is 520 g/mol. The fourth-order valence-electron chi connectivity index (χ4n) is 4.45. The lowest BCUT2D eigenvalue weighted by atomic mass is 9.82. The van der Waals surface area contributed by atoms with Gasteiger partial charge in [0.05, 0.1) is 31.8 Å². The Kier molecular flexibility index (Phi) is 12.8. The summed E-state index contributed by atoms with van der Waals surface area (Å²) in [6, 6.07) is 11.8. The van der Waals surface area contributed by atoms with Crippen molar-refractivity contribution in [2.24, 2.45) is 17.6 Å². The van der Waals surface area contributed by atoms with Gasteiger partial charge < -0.3 is 30.2 Å². The smallest absolute Gasteiger partial charge is 0.247 e. The van der Waals surface area contributed by atoms with Crippen molar-refractivity contribution >= 4 is 17.7 Å². The standard InChI is InChI=1S/C30H45ClN2O6/c1-20(2)22(15-21-11-12-27(38-6)28(16-21)39-14-8-13-37-5)17-25(32)26(35)19-33(31)29(36)30(3,4)23-9-7-10-24(34)18-23/h7,9-12,16,18,20,22,25-26,34-35H,8,13-15,17,19,32H2,1-6H3/t22-,25-,26-/m0/s1. The molecule has 0 bridgehead atoms. The monoisotopic (exact) mass is 564 g/mol. The molecule has 2 rings (SSSR count). The number of amides is 1. The molecule has 0 fully saturated rings. The van der Waals surface area contributed by atoms with Gasteiger partial charge in [-0.2, -0.15) is 0 Å². The molecule has 0 aliphatic rings. The number of phenolic OH excluding ortho intramolecular Hbond substituents is 1. The van der Waals surface area contributed by atoms with Crippen LogP contribution in [0.5, 0.6) is 17.2 Å². The number of hydrogen-bond donors (Lipinski definition) is 3. The zero-order valence-corrected chi connectivity index (χ0v) is 24.8. The van der Waals surface area contributed by atoms with Crippen LogP contribution >= 0.6 is 11.8 Å². The van der Waals surface area contributed by atoms with Gasteiger partial charge in [0.25, 0.3) is 0 Å². The van der Waals surface area contributed by atoms with Crippen LogP contribution in [0.15, 0.2) is 42.5 Å². The van der Waals surface area contributed by atoms with Crippen LogP contribution in [0.4, 0.5) is 0 Å². The molecule has 0 spiro atoms. The Labute approximate surface area is 238 Å². The Morgan fingerprint density at radius 1 is 1.10 bits per heavy atom. The van der Waals surface area contributed by atoms with Crippen LogP contribution in [0.25, 0.3) is 0 Å². The summed E-state index contributed by atoms with van der Waals surface area (Å²) < 4.78 is 17.5. The minimum atomic E-state index is -1.01.